The van der Waals surface area contributed by atoms with Gasteiger partial charge in [0.2, 0.25) is 0 Å². The van der Waals surface area contributed by atoms with E-state index in [1.807, 2.05) is 5.32 Å². The van der Waals surface area contributed by atoms with Crippen molar-refractivity contribution in [2.75, 3.05) is 13.2 Å². The molecule has 8 heteroatoms. The Morgan fingerprint density at radius 2 is 1.71 bits per heavy atom. The molecule has 100 valence electrons. The number of rotatable bonds is 3. The van der Waals surface area contributed by atoms with E-state index in [1.165, 1.54) is 0 Å². The molecule has 0 rings (SSSR count). The first kappa shape index (κ1) is 15.5. The Hall–Kier alpha value is -1.47. The molecule has 0 spiro atoms. The summed E-state index contributed by atoms with van der Waals surface area (Å²) in [5.41, 5.74) is -0.750. The van der Waals surface area contributed by atoms with Crippen LogP contribution in [0.2, 0.25) is 0 Å². The zero-order valence-electron chi connectivity index (χ0n) is 9.68. The van der Waals surface area contributed by atoms with Crippen LogP contribution in [0.4, 0.5) is 18.0 Å². The number of alkyl halides is 3. The van der Waals surface area contributed by atoms with Gasteiger partial charge in [0.1, 0.15) is 12.1 Å². The van der Waals surface area contributed by atoms with E-state index in [2.05, 4.69) is 4.74 Å². The molecular weight excluding hydrogens is 243 g/mol. The Morgan fingerprint density at radius 1 is 1.18 bits per heavy atom. The zero-order valence-corrected chi connectivity index (χ0v) is 9.68. The molecule has 5 nitrogen and oxygen atoms in total. The molecule has 1 amide bonds. The summed E-state index contributed by atoms with van der Waals surface area (Å²) in [6.07, 6.45) is -5.48. The van der Waals surface area contributed by atoms with Gasteiger partial charge in [0, 0.05) is 0 Å². The van der Waals surface area contributed by atoms with Gasteiger partial charge in [0.05, 0.1) is 0 Å². The van der Waals surface area contributed by atoms with Gasteiger partial charge in [-0.15, -0.1) is 0 Å². The molecule has 0 bridgehead atoms. The molecule has 0 heterocycles. The van der Waals surface area contributed by atoms with Crippen molar-refractivity contribution in [2.45, 2.75) is 32.5 Å². The van der Waals surface area contributed by atoms with Gasteiger partial charge in [0.25, 0.3) is 0 Å². The summed E-state index contributed by atoms with van der Waals surface area (Å²) >= 11 is 0. The van der Waals surface area contributed by atoms with E-state index in [0.29, 0.717) is 0 Å². The first-order valence-electron chi connectivity index (χ1n) is 4.69. The summed E-state index contributed by atoms with van der Waals surface area (Å²) in [4.78, 5) is 21.8. The van der Waals surface area contributed by atoms with Crippen molar-refractivity contribution in [3.05, 3.63) is 0 Å². The van der Waals surface area contributed by atoms with Crippen molar-refractivity contribution >= 4 is 12.1 Å². The second-order valence-corrected chi connectivity index (χ2v) is 4.13. The standard InChI is InChI=1S/C9H14F3NO4/c1-8(2,3)17-7(15)13-4-6(14)16-5-9(10,11)12/h4-5H2,1-3H3,(H,13,15). The Kier molecular flexibility index (Phi) is 5.24. The normalized spacial score (nSPS) is 11.9. The van der Waals surface area contributed by atoms with Crippen molar-refractivity contribution in [3.8, 4) is 0 Å². The monoisotopic (exact) mass is 257 g/mol. The topological polar surface area (TPSA) is 64.6 Å². The molecule has 0 saturated carbocycles. The largest absolute Gasteiger partial charge is 0.455 e. The highest BCUT2D eigenvalue weighted by Gasteiger charge is 2.29. The van der Waals surface area contributed by atoms with Crippen molar-refractivity contribution in [3.63, 3.8) is 0 Å². The first-order chi connectivity index (χ1) is 7.49. The van der Waals surface area contributed by atoms with E-state index < -0.39 is 37.0 Å². The molecule has 0 aliphatic heterocycles. The minimum atomic E-state index is -4.58. The molecule has 0 unspecified atom stereocenters. The SMILES string of the molecule is CC(C)(C)OC(=O)NCC(=O)OCC(F)(F)F. The third kappa shape index (κ3) is 10.8. The van der Waals surface area contributed by atoms with Gasteiger partial charge in [0.15, 0.2) is 6.61 Å². The number of halogens is 3. The number of hydrogen-bond donors (Lipinski definition) is 1. The predicted octanol–water partition coefficient (Wildman–Crippen LogP) is 1.62. The van der Waals surface area contributed by atoms with Crippen LogP contribution in [0.15, 0.2) is 0 Å². The molecule has 0 aromatic rings. The number of alkyl carbamates (subject to hydrolysis) is 1. The van der Waals surface area contributed by atoms with Gasteiger partial charge in [-0.3, -0.25) is 4.79 Å². The molecule has 1 N–H and O–H groups in total. The van der Waals surface area contributed by atoms with E-state index in [9.17, 15) is 22.8 Å². The minimum absolute atomic E-state index is 0.676. The molecule has 0 aromatic heterocycles. The van der Waals surface area contributed by atoms with E-state index in [0.717, 1.165) is 0 Å². The summed E-state index contributed by atoms with van der Waals surface area (Å²) in [7, 11) is 0. The number of carbonyl (C=O) groups is 2. The summed E-state index contributed by atoms with van der Waals surface area (Å²) in [6, 6.07) is 0. The van der Waals surface area contributed by atoms with Gasteiger partial charge >= 0.3 is 18.2 Å². The summed E-state index contributed by atoms with van der Waals surface area (Å²) < 4.78 is 43.6. The molecule has 0 atom stereocenters. The summed E-state index contributed by atoms with van der Waals surface area (Å²) in [5.74, 6) is -1.19. The number of nitrogens with one attached hydrogen (secondary N) is 1. The van der Waals surface area contributed by atoms with Gasteiger partial charge in [-0.2, -0.15) is 13.2 Å². The minimum Gasteiger partial charge on any atom is -0.455 e. The van der Waals surface area contributed by atoms with Crippen LogP contribution < -0.4 is 5.32 Å². The number of amides is 1. The van der Waals surface area contributed by atoms with Gasteiger partial charge in [-0.1, -0.05) is 0 Å². The van der Waals surface area contributed by atoms with Crippen molar-refractivity contribution in [1.29, 1.82) is 0 Å². The molecule has 17 heavy (non-hydrogen) atoms. The third-order valence-electron chi connectivity index (χ3n) is 1.17. The maximum atomic E-state index is 11.6. The van der Waals surface area contributed by atoms with Crippen LogP contribution in [0.25, 0.3) is 0 Å². The second kappa shape index (κ2) is 5.74. The highest BCUT2D eigenvalue weighted by atomic mass is 19.4. The molecule has 0 fully saturated rings. The maximum absolute atomic E-state index is 11.6. The van der Waals surface area contributed by atoms with Gasteiger partial charge in [-0.05, 0) is 20.8 Å². The Bertz CT molecular complexity index is 283. The quantitative estimate of drug-likeness (QED) is 0.780. The number of ether oxygens (including phenoxy) is 2. The lowest BCUT2D eigenvalue weighted by atomic mass is 10.2. The fourth-order valence-electron chi connectivity index (χ4n) is 0.672. The van der Waals surface area contributed by atoms with Gasteiger partial charge in [-0.25, -0.2) is 4.79 Å². The third-order valence-corrected chi connectivity index (χ3v) is 1.17. The highest BCUT2D eigenvalue weighted by molar-refractivity contribution is 5.77. The fourth-order valence-corrected chi connectivity index (χ4v) is 0.672. The van der Waals surface area contributed by atoms with Crippen LogP contribution >= 0.6 is 0 Å². The van der Waals surface area contributed by atoms with E-state index in [-0.39, 0.29) is 0 Å². The second-order valence-electron chi connectivity index (χ2n) is 4.13. The highest BCUT2D eigenvalue weighted by Crippen LogP contribution is 2.14. The lowest BCUT2D eigenvalue weighted by molar-refractivity contribution is -0.185. The lowest BCUT2D eigenvalue weighted by Crippen LogP contribution is -2.36. The molecule has 0 aliphatic carbocycles. The van der Waals surface area contributed by atoms with Gasteiger partial charge < -0.3 is 14.8 Å². The maximum Gasteiger partial charge on any atom is 0.422 e. The fraction of sp³-hybridized carbons (Fsp3) is 0.778. The van der Waals surface area contributed by atoms with Crippen LogP contribution in [-0.2, 0) is 14.3 Å². The van der Waals surface area contributed by atoms with Crippen LogP contribution in [0, 0.1) is 0 Å². The zero-order chi connectivity index (χ0) is 13.7. The Morgan fingerprint density at radius 3 is 2.12 bits per heavy atom. The Labute approximate surface area is 96.3 Å². The van der Waals surface area contributed by atoms with E-state index in [4.69, 9.17) is 4.74 Å². The average Bonchev–Trinajstić information content (AvgIpc) is 2.07. The Balaban J connectivity index is 3.82. The molecule has 0 saturated heterocycles. The van der Waals surface area contributed by atoms with E-state index >= 15 is 0 Å². The predicted molar refractivity (Wildman–Crippen MR) is 51.3 cm³/mol. The lowest BCUT2D eigenvalue weighted by Gasteiger charge is -2.19. The van der Waals surface area contributed by atoms with Crippen molar-refractivity contribution in [1.82, 2.24) is 5.32 Å². The van der Waals surface area contributed by atoms with Crippen LogP contribution in [0.1, 0.15) is 20.8 Å². The average molecular weight is 257 g/mol. The van der Waals surface area contributed by atoms with Crippen LogP contribution in [0.5, 0.6) is 0 Å². The number of carbonyl (C=O) groups excluding carboxylic acids is 2. The van der Waals surface area contributed by atoms with Crippen molar-refractivity contribution < 1.29 is 32.2 Å². The number of hydrogen-bond acceptors (Lipinski definition) is 4. The smallest absolute Gasteiger partial charge is 0.422 e. The van der Waals surface area contributed by atoms with Crippen molar-refractivity contribution in [2.24, 2.45) is 0 Å². The molecule has 0 aliphatic rings. The molecular formula is C9H14F3NO4. The summed E-state index contributed by atoms with van der Waals surface area (Å²) in [6.45, 7) is 2.46. The number of esters is 1. The molecule has 0 aromatic carbocycles. The molecule has 0 radical (unpaired) electrons. The van der Waals surface area contributed by atoms with E-state index in [1.54, 1.807) is 20.8 Å². The summed E-state index contributed by atoms with van der Waals surface area (Å²) in [5, 5.41) is 1.97. The van der Waals surface area contributed by atoms with Crippen LogP contribution in [-0.4, -0.2) is 37.0 Å². The first-order valence-corrected chi connectivity index (χ1v) is 4.69. The van der Waals surface area contributed by atoms with Crippen LogP contribution in [0.3, 0.4) is 0 Å².